The first kappa shape index (κ1) is 15.3. The van der Waals surface area contributed by atoms with Gasteiger partial charge < -0.3 is 11.1 Å². The summed E-state index contributed by atoms with van der Waals surface area (Å²) in [5, 5.41) is 13.5. The topological polar surface area (TPSA) is 98.3 Å². The Bertz CT molecular complexity index is 737. The second-order valence-corrected chi connectivity index (χ2v) is 5.44. The molecule has 8 heteroatoms. The molecule has 0 radical (unpaired) electrons. The van der Waals surface area contributed by atoms with Crippen LogP contribution in [0.2, 0.25) is 5.02 Å². The molecule has 0 saturated carbocycles. The van der Waals surface area contributed by atoms with Gasteiger partial charge in [0.25, 0.3) is 11.6 Å². The Kier molecular flexibility index (Phi) is 4.44. The van der Waals surface area contributed by atoms with Crippen LogP contribution in [0.15, 0.2) is 40.9 Å². The van der Waals surface area contributed by atoms with E-state index >= 15 is 0 Å². The van der Waals surface area contributed by atoms with E-state index in [0.29, 0.717) is 5.69 Å². The summed E-state index contributed by atoms with van der Waals surface area (Å²) in [6.07, 6.45) is 0. The molecule has 0 aliphatic heterocycles. The van der Waals surface area contributed by atoms with Crippen LogP contribution in [-0.4, -0.2) is 10.8 Å². The zero-order chi connectivity index (χ0) is 15.6. The lowest BCUT2D eigenvalue weighted by Crippen LogP contribution is -2.12. The van der Waals surface area contributed by atoms with E-state index < -0.39 is 16.5 Å². The Morgan fingerprint density at radius 3 is 2.67 bits per heavy atom. The normalized spacial score (nSPS) is 10.2. The van der Waals surface area contributed by atoms with Gasteiger partial charge in [-0.25, -0.2) is 0 Å². The molecule has 2 aromatic rings. The minimum Gasteiger partial charge on any atom is -0.392 e. The lowest BCUT2D eigenvalue weighted by atomic mass is 10.1. The third-order valence-electron chi connectivity index (χ3n) is 2.65. The number of hydrogen-bond donors (Lipinski definition) is 2. The van der Waals surface area contributed by atoms with Gasteiger partial charge >= 0.3 is 0 Å². The minimum atomic E-state index is -0.683. The van der Waals surface area contributed by atoms with E-state index in [1.54, 1.807) is 24.3 Å². The molecule has 0 aromatic heterocycles. The van der Waals surface area contributed by atoms with Gasteiger partial charge in [-0.3, -0.25) is 14.9 Å². The summed E-state index contributed by atoms with van der Waals surface area (Å²) < 4.78 is 0.793. The van der Waals surface area contributed by atoms with Gasteiger partial charge in [0.05, 0.1) is 9.95 Å². The molecule has 21 heavy (non-hydrogen) atoms. The molecular weight excluding hydrogens is 362 g/mol. The molecule has 0 atom stereocenters. The molecule has 0 unspecified atom stereocenters. The molecular formula is C13H9BrClN3O3. The number of nitrogen functional groups attached to an aromatic ring is 1. The predicted octanol–water partition coefficient (Wildman–Crippen LogP) is 3.85. The van der Waals surface area contributed by atoms with E-state index in [-0.39, 0.29) is 16.3 Å². The van der Waals surface area contributed by atoms with Crippen molar-refractivity contribution in [2.45, 2.75) is 0 Å². The van der Waals surface area contributed by atoms with E-state index in [2.05, 4.69) is 21.2 Å². The van der Waals surface area contributed by atoms with Crippen LogP contribution in [0.4, 0.5) is 17.1 Å². The maximum absolute atomic E-state index is 12.1. The summed E-state index contributed by atoms with van der Waals surface area (Å²) in [4.78, 5) is 22.3. The van der Waals surface area contributed by atoms with Crippen LogP contribution < -0.4 is 11.1 Å². The second-order valence-electron chi connectivity index (χ2n) is 4.11. The quantitative estimate of drug-likeness (QED) is 0.487. The maximum Gasteiger partial charge on any atom is 0.294 e. The van der Waals surface area contributed by atoms with Crippen LogP contribution in [0.5, 0.6) is 0 Å². The van der Waals surface area contributed by atoms with E-state index in [4.69, 9.17) is 17.3 Å². The average molecular weight is 371 g/mol. The molecule has 0 aliphatic carbocycles. The number of carbonyl (C=O) groups excluding carboxylic acids is 1. The van der Waals surface area contributed by atoms with Crippen molar-refractivity contribution < 1.29 is 9.72 Å². The molecule has 108 valence electrons. The van der Waals surface area contributed by atoms with Crippen molar-refractivity contribution in [1.29, 1.82) is 0 Å². The lowest BCUT2D eigenvalue weighted by molar-refractivity contribution is -0.383. The molecule has 1 amide bonds. The van der Waals surface area contributed by atoms with Gasteiger partial charge in [0.1, 0.15) is 5.69 Å². The Hall–Kier alpha value is -2.12. The van der Waals surface area contributed by atoms with Gasteiger partial charge in [-0.15, -0.1) is 0 Å². The first-order chi connectivity index (χ1) is 9.88. The summed E-state index contributed by atoms with van der Waals surface area (Å²) in [5.41, 5.74) is 5.55. The highest BCUT2D eigenvalue weighted by Gasteiger charge is 2.19. The Morgan fingerprint density at radius 1 is 1.33 bits per heavy atom. The number of anilines is 2. The predicted molar refractivity (Wildman–Crippen MR) is 84.6 cm³/mol. The summed E-state index contributed by atoms with van der Waals surface area (Å²) in [7, 11) is 0. The number of carbonyl (C=O) groups is 1. The molecule has 2 aromatic carbocycles. The highest BCUT2D eigenvalue weighted by atomic mass is 79.9. The summed E-state index contributed by atoms with van der Waals surface area (Å²) in [5.74, 6) is -0.516. The first-order valence-electron chi connectivity index (χ1n) is 5.69. The Labute approximate surface area is 133 Å². The van der Waals surface area contributed by atoms with E-state index in [9.17, 15) is 14.9 Å². The molecule has 2 rings (SSSR count). The number of nitrogens with two attached hydrogens (primary N) is 1. The van der Waals surface area contributed by atoms with Gasteiger partial charge in [0, 0.05) is 21.8 Å². The number of amides is 1. The van der Waals surface area contributed by atoms with E-state index in [1.807, 2.05) is 0 Å². The zero-order valence-corrected chi connectivity index (χ0v) is 12.8. The second kappa shape index (κ2) is 6.11. The number of nitrogens with zero attached hydrogens (tertiary/aromatic N) is 1. The van der Waals surface area contributed by atoms with Crippen LogP contribution in [0.3, 0.4) is 0 Å². The van der Waals surface area contributed by atoms with Crippen molar-refractivity contribution in [2.24, 2.45) is 0 Å². The van der Waals surface area contributed by atoms with Crippen molar-refractivity contribution in [2.75, 3.05) is 11.1 Å². The Morgan fingerprint density at radius 2 is 2.05 bits per heavy atom. The van der Waals surface area contributed by atoms with Gasteiger partial charge in [-0.1, -0.05) is 33.6 Å². The molecule has 0 saturated heterocycles. The first-order valence-corrected chi connectivity index (χ1v) is 6.86. The number of nitro groups is 1. The van der Waals surface area contributed by atoms with E-state index in [1.165, 1.54) is 6.07 Å². The standard InChI is InChI=1S/C13H9BrClN3O3/c14-8-2-1-3-9(6-8)17-13(19)7-4-10(15)12(16)11(5-7)18(20)21/h1-6H,16H2,(H,17,19). The van der Waals surface area contributed by atoms with Gasteiger partial charge in [0.15, 0.2) is 0 Å². The van der Waals surface area contributed by atoms with Crippen molar-refractivity contribution in [3.8, 4) is 0 Å². The van der Waals surface area contributed by atoms with Crippen molar-refractivity contribution in [3.63, 3.8) is 0 Å². The molecule has 0 heterocycles. The lowest BCUT2D eigenvalue weighted by Gasteiger charge is -2.07. The van der Waals surface area contributed by atoms with Crippen LogP contribution in [-0.2, 0) is 0 Å². The Balaban J connectivity index is 2.33. The highest BCUT2D eigenvalue weighted by molar-refractivity contribution is 9.10. The molecule has 6 nitrogen and oxygen atoms in total. The van der Waals surface area contributed by atoms with Gasteiger partial charge in [-0.05, 0) is 24.3 Å². The monoisotopic (exact) mass is 369 g/mol. The number of halogens is 2. The van der Waals surface area contributed by atoms with Gasteiger partial charge in [-0.2, -0.15) is 0 Å². The average Bonchev–Trinajstić information content (AvgIpc) is 2.41. The number of nitrogens with one attached hydrogen (secondary N) is 1. The third kappa shape index (κ3) is 3.50. The molecule has 3 N–H and O–H groups in total. The smallest absolute Gasteiger partial charge is 0.294 e. The summed E-state index contributed by atoms with van der Waals surface area (Å²) >= 11 is 9.10. The highest BCUT2D eigenvalue weighted by Crippen LogP contribution is 2.31. The van der Waals surface area contributed by atoms with Gasteiger partial charge in [0.2, 0.25) is 0 Å². The fourth-order valence-corrected chi connectivity index (χ4v) is 2.27. The summed E-state index contributed by atoms with van der Waals surface area (Å²) in [6.45, 7) is 0. The minimum absolute atomic E-state index is 0.0383. The van der Waals surface area contributed by atoms with Crippen LogP contribution >= 0.6 is 27.5 Å². The molecule has 0 spiro atoms. The van der Waals surface area contributed by atoms with Crippen LogP contribution in [0.1, 0.15) is 10.4 Å². The maximum atomic E-state index is 12.1. The largest absolute Gasteiger partial charge is 0.392 e. The molecule has 0 aliphatic rings. The van der Waals surface area contributed by atoms with Crippen LogP contribution in [0, 0.1) is 10.1 Å². The number of rotatable bonds is 3. The van der Waals surface area contributed by atoms with E-state index in [0.717, 1.165) is 10.5 Å². The number of hydrogen-bond acceptors (Lipinski definition) is 4. The zero-order valence-electron chi connectivity index (χ0n) is 10.5. The number of benzene rings is 2. The molecule has 0 fully saturated rings. The number of nitro benzene ring substituents is 1. The van der Waals surface area contributed by atoms with Crippen LogP contribution in [0.25, 0.3) is 0 Å². The fourth-order valence-electron chi connectivity index (χ4n) is 1.65. The summed E-state index contributed by atoms with van der Waals surface area (Å²) in [6, 6.07) is 9.33. The van der Waals surface area contributed by atoms with Crippen molar-refractivity contribution in [3.05, 3.63) is 61.6 Å². The van der Waals surface area contributed by atoms with Crippen molar-refractivity contribution >= 4 is 50.5 Å². The van der Waals surface area contributed by atoms with Crippen molar-refractivity contribution in [1.82, 2.24) is 0 Å². The SMILES string of the molecule is Nc1c(Cl)cc(C(=O)Nc2cccc(Br)c2)cc1[N+](=O)[O-]. The third-order valence-corrected chi connectivity index (χ3v) is 3.46. The fraction of sp³-hybridized carbons (Fsp3) is 0. The molecule has 0 bridgehead atoms.